The normalized spacial score (nSPS) is 17.3. The van der Waals surface area contributed by atoms with Gasteiger partial charge in [-0.15, -0.1) is 10.2 Å². The standard InChI is InChI=1S/C20H18ClN3O/c21-18-8-6-17(7-9-18)20-23-22-19(25-20)14-24-12-10-16(11-13-24)15-4-2-1-3-5-15/h1-10H,11-14H2/p+1. The first-order valence-electron chi connectivity index (χ1n) is 8.44. The van der Waals surface area contributed by atoms with Crippen LogP contribution in [0.2, 0.25) is 5.02 Å². The molecule has 126 valence electrons. The quantitative estimate of drug-likeness (QED) is 0.783. The van der Waals surface area contributed by atoms with E-state index < -0.39 is 0 Å². The molecule has 4 rings (SSSR count). The third kappa shape index (κ3) is 3.81. The number of aromatic nitrogens is 2. The van der Waals surface area contributed by atoms with Crippen LogP contribution in [0.25, 0.3) is 17.0 Å². The zero-order valence-electron chi connectivity index (χ0n) is 13.8. The summed E-state index contributed by atoms with van der Waals surface area (Å²) in [6, 6.07) is 18.0. The van der Waals surface area contributed by atoms with Crippen LogP contribution in [-0.2, 0) is 6.54 Å². The van der Waals surface area contributed by atoms with Crippen molar-refractivity contribution in [3.05, 3.63) is 77.2 Å². The molecule has 1 N–H and O–H groups in total. The Morgan fingerprint density at radius 2 is 1.76 bits per heavy atom. The Morgan fingerprint density at radius 3 is 2.48 bits per heavy atom. The fraction of sp³-hybridized carbons (Fsp3) is 0.200. The molecule has 2 aromatic carbocycles. The first kappa shape index (κ1) is 16.1. The second-order valence-electron chi connectivity index (χ2n) is 6.23. The van der Waals surface area contributed by atoms with Gasteiger partial charge in [-0.25, -0.2) is 0 Å². The highest BCUT2D eigenvalue weighted by molar-refractivity contribution is 6.30. The molecule has 1 aliphatic rings. The summed E-state index contributed by atoms with van der Waals surface area (Å²) in [4.78, 5) is 1.44. The zero-order valence-corrected chi connectivity index (χ0v) is 14.5. The summed E-state index contributed by atoms with van der Waals surface area (Å²) in [5.74, 6) is 1.22. The van der Waals surface area contributed by atoms with Gasteiger partial charge in [0.2, 0.25) is 5.89 Å². The maximum Gasteiger partial charge on any atom is 0.271 e. The molecule has 25 heavy (non-hydrogen) atoms. The number of quaternary nitrogens is 1. The number of rotatable bonds is 4. The predicted octanol–water partition coefficient (Wildman–Crippen LogP) is 3.26. The summed E-state index contributed by atoms with van der Waals surface area (Å²) in [6.07, 6.45) is 3.39. The molecule has 0 fully saturated rings. The van der Waals surface area contributed by atoms with Crippen molar-refractivity contribution in [2.24, 2.45) is 0 Å². The molecule has 0 aliphatic carbocycles. The van der Waals surface area contributed by atoms with Gasteiger partial charge < -0.3 is 9.32 Å². The Hall–Kier alpha value is -2.43. The SMILES string of the molecule is Clc1ccc(-c2nnc(C[NH+]3CC=C(c4ccccc4)CC3)o2)cc1. The van der Waals surface area contributed by atoms with Crippen LogP contribution in [-0.4, -0.2) is 23.3 Å². The van der Waals surface area contributed by atoms with Crippen molar-refractivity contribution in [1.82, 2.24) is 10.2 Å². The Labute approximate surface area is 151 Å². The van der Waals surface area contributed by atoms with Crippen molar-refractivity contribution < 1.29 is 9.32 Å². The molecule has 5 heteroatoms. The topological polar surface area (TPSA) is 43.4 Å². The van der Waals surface area contributed by atoms with Crippen LogP contribution in [0.4, 0.5) is 0 Å². The smallest absolute Gasteiger partial charge is 0.271 e. The predicted molar refractivity (Wildman–Crippen MR) is 98.2 cm³/mol. The van der Waals surface area contributed by atoms with Gasteiger partial charge in [0, 0.05) is 17.0 Å². The van der Waals surface area contributed by atoms with Gasteiger partial charge in [0.15, 0.2) is 6.54 Å². The molecule has 0 bridgehead atoms. The molecule has 0 spiro atoms. The lowest BCUT2D eigenvalue weighted by molar-refractivity contribution is -0.910. The third-order valence-electron chi connectivity index (χ3n) is 4.49. The minimum Gasteiger partial charge on any atom is -0.415 e. The first-order chi connectivity index (χ1) is 12.3. The van der Waals surface area contributed by atoms with Crippen LogP contribution in [0, 0.1) is 0 Å². The molecular formula is C20H19ClN3O+. The van der Waals surface area contributed by atoms with E-state index in [1.807, 2.05) is 24.3 Å². The molecule has 0 saturated carbocycles. The second kappa shape index (κ2) is 7.21. The summed E-state index contributed by atoms with van der Waals surface area (Å²) < 4.78 is 5.82. The summed E-state index contributed by atoms with van der Waals surface area (Å²) in [7, 11) is 0. The van der Waals surface area contributed by atoms with E-state index in [2.05, 4.69) is 46.6 Å². The van der Waals surface area contributed by atoms with Crippen LogP contribution in [0.3, 0.4) is 0 Å². The van der Waals surface area contributed by atoms with Gasteiger partial charge in [-0.3, -0.25) is 0 Å². The first-order valence-corrected chi connectivity index (χ1v) is 8.82. The monoisotopic (exact) mass is 352 g/mol. The average Bonchev–Trinajstić information content (AvgIpc) is 3.12. The average molecular weight is 353 g/mol. The largest absolute Gasteiger partial charge is 0.415 e. The molecule has 3 aromatic rings. The summed E-state index contributed by atoms with van der Waals surface area (Å²) in [6.45, 7) is 2.79. The highest BCUT2D eigenvalue weighted by Crippen LogP contribution is 2.20. The number of nitrogens with zero attached hydrogens (tertiary/aromatic N) is 2. The number of benzene rings is 2. The minimum absolute atomic E-state index is 0.545. The van der Waals surface area contributed by atoms with Crippen molar-refractivity contribution >= 4 is 17.2 Å². The maximum atomic E-state index is 5.91. The molecule has 2 heterocycles. The highest BCUT2D eigenvalue weighted by atomic mass is 35.5. The lowest BCUT2D eigenvalue weighted by atomic mass is 10.00. The van der Waals surface area contributed by atoms with E-state index in [1.165, 1.54) is 16.0 Å². The van der Waals surface area contributed by atoms with Gasteiger partial charge in [-0.1, -0.05) is 41.9 Å². The van der Waals surface area contributed by atoms with Crippen molar-refractivity contribution in [2.75, 3.05) is 13.1 Å². The molecule has 1 atom stereocenters. The van der Waals surface area contributed by atoms with Crippen LogP contribution < -0.4 is 4.90 Å². The number of hydrogen-bond acceptors (Lipinski definition) is 3. The van der Waals surface area contributed by atoms with Crippen LogP contribution in [0.15, 0.2) is 65.1 Å². The van der Waals surface area contributed by atoms with Gasteiger partial charge in [-0.2, -0.15) is 0 Å². The van der Waals surface area contributed by atoms with E-state index in [9.17, 15) is 0 Å². The molecule has 1 aliphatic heterocycles. The summed E-state index contributed by atoms with van der Waals surface area (Å²) in [5, 5.41) is 9.05. The second-order valence-corrected chi connectivity index (χ2v) is 6.67. The number of hydrogen-bond donors (Lipinski definition) is 1. The van der Waals surface area contributed by atoms with E-state index in [-0.39, 0.29) is 0 Å². The molecule has 1 aromatic heterocycles. The van der Waals surface area contributed by atoms with E-state index in [1.54, 1.807) is 0 Å². The van der Waals surface area contributed by atoms with Gasteiger partial charge in [-0.05, 0) is 41.5 Å². The van der Waals surface area contributed by atoms with Crippen LogP contribution in [0.5, 0.6) is 0 Å². The van der Waals surface area contributed by atoms with Crippen LogP contribution in [0.1, 0.15) is 17.9 Å². The van der Waals surface area contributed by atoms with Crippen molar-refractivity contribution in [3.8, 4) is 11.5 Å². The Balaban J connectivity index is 1.41. The molecule has 0 amide bonds. The van der Waals surface area contributed by atoms with E-state index in [0.717, 1.165) is 31.6 Å². The summed E-state index contributed by atoms with van der Waals surface area (Å²) >= 11 is 5.91. The van der Waals surface area contributed by atoms with Crippen molar-refractivity contribution in [1.29, 1.82) is 0 Å². The highest BCUT2D eigenvalue weighted by Gasteiger charge is 2.19. The maximum absolute atomic E-state index is 5.91. The van der Waals surface area contributed by atoms with Crippen molar-refractivity contribution in [3.63, 3.8) is 0 Å². The molecule has 0 saturated heterocycles. The van der Waals surface area contributed by atoms with Gasteiger partial charge >= 0.3 is 0 Å². The van der Waals surface area contributed by atoms with Gasteiger partial charge in [0.05, 0.1) is 13.1 Å². The zero-order chi connectivity index (χ0) is 17.1. The van der Waals surface area contributed by atoms with E-state index in [0.29, 0.717) is 16.8 Å². The van der Waals surface area contributed by atoms with Crippen LogP contribution >= 0.6 is 11.6 Å². The number of halogens is 1. The fourth-order valence-corrected chi connectivity index (χ4v) is 3.23. The molecule has 4 nitrogen and oxygen atoms in total. The van der Waals surface area contributed by atoms with Gasteiger partial charge in [0.1, 0.15) is 0 Å². The van der Waals surface area contributed by atoms with Gasteiger partial charge in [0.25, 0.3) is 5.89 Å². The lowest BCUT2D eigenvalue weighted by Crippen LogP contribution is -3.11. The molecular weight excluding hydrogens is 334 g/mol. The molecule has 0 radical (unpaired) electrons. The number of nitrogens with one attached hydrogen (secondary N) is 1. The third-order valence-corrected chi connectivity index (χ3v) is 4.74. The molecule has 1 unspecified atom stereocenters. The minimum atomic E-state index is 0.545. The summed E-state index contributed by atoms with van der Waals surface area (Å²) in [5.41, 5.74) is 3.64. The fourth-order valence-electron chi connectivity index (χ4n) is 3.11. The van der Waals surface area contributed by atoms with E-state index >= 15 is 0 Å². The van der Waals surface area contributed by atoms with Crippen molar-refractivity contribution in [2.45, 2.75) is 13.0 Å². The Morgan fingerprint density at radius 1 is 0.960 bits per heavy atom. The lowest BCUT2D eigenvalue weighted by Gasteiger charge is -2.22. The Bertz CT molecular complexity index is 871. The van der Waals surface area contributed by atoms with E-state index in [4.69, 9.17) is 16.0 Å². The Kier molecular flexibility index (Phi) is 4.63.